The van der Waals surface area contributed by atoms with Gasteiger partial charge in [0.25, 0.3) is 0 Å². The Kier molecular flexibility index (Phi) is 5.56. The van der Waals surface area contributed by atoms with E-state index >= 15 is 0 Å². The van der Waals surface area contributed by atoms with Gasteiger partial charge < -0.3 is 9.84 Å². The lowest BCUT2D eigenvalue weighted by Gasteiger charge is -2.17. The van der Waals surface area contributed by atoms with Crippen LogP contribution in [-0.4, -0.2) is 34.9 Å². The third-order valence-electron chi connectivity index (χ3n) is 1.96. The summed E-state index contributed by atoms with van der Waals surface area (Å²) in [6.07, 6.45) is 4.80. The van der Waals surface area contributed by atoms with Crippen molar-refractivity contribution in [3.8, 4) is 0 Å². The molecule has 84 valence electrons. The molecule has 1 aromatic heterocycles. The van der Waals surface area contributed by atoms with Gasteiger partial charge in [0.15, 0.2) is 0 Å². The molecule has 0 spiro atoms. The van der Waals surface area contributed by atoms with Crippen molar-refractivity contribution in [2.75, 3.05) is 13.7 Å². The third kappa shape index (κ3) is 4.13. The minimum atomic E-state index is -0.540. The molecular weight excluding hydrogens is 214 g/mol. The Balaban J connectivity index is 2.56. The molecule has 1 heterocycles. The van der Waals surface area contributed by atoms with Gasteiger partial charge in [-0.2, -0.15) is 0 Å². The van der Waals surface area contributed by atoms with Gasteiger partial charge in [-0.15, -0.1) is 0 Å². The Bertz CT molecular complexity index is 273. The average molecular weight is 229 g/mol. The van der Waals surface area contributed by atoms with Crippen LogP contribution in [0.5, 0.6) is 0 Å². The van der Waals surface area contributed by atoms with E-state index in [0.29, 0.717) is 13.0 Å². The molecule has 2 unspecified atom stereocenters. The third-order valence-corrected chi connectivity index (χ3v) is 2.27. The summed E-state index contributed by atoms with van der Waals surface area (Å²) in [5.74, 6) is 0. The number of hydrogen-bond acceptors (Lipinski definition) is 6. The minimum absolute atomic E-state index is 0.132. The number of nitrogens with zero attached hydrogens (tertiary/aromatic N) is 2. The standard InChI is InChI=1S/C9H15N3O2S/c1-14-6-7(13)4-8(12-15)9-5-10-2-3-11-9/h2-3,5,7-8,12-13,15H,4,6H2,1H3. The lowest BCUT2D eigenvalue weighted by molar-refractivity contribution is 0.0537. The molecule has 0 saturated carbocycles. The molecule has 0 aromatic carbocycles. The number of nitrogens with one attached hydrogen (secondary N) is 1. The second-order valence-corrected chi connectivity index (χ2v) is 3.42. The van der Waals surface area contributed by atoms with Gasteiger partial charge in [0, 0.05) is 25.7 Å². The summed E-state index contributed by atoms with van der Waals surface area (Å²) in [4.78, 5) is 8.09. The maximum atomic E-state index is 9.56. The number of aromatic nitrogens is 2. The number of aliphatic hydroxyl groups is 1. The van der Waals surface area contributed by atoms with Crippen molar-refractivity contribution in [1.29, 1.82) is 0 Å². The van der Waals surface area contributed by atoms with Gasteiger partial charge in [-0.3, -0.25) is 14.7 Å². The predicted octanol–water partition coefficient (Wildman–Crippen LogP) is 0.350. The fourth-order valence-corrected chi connectivity index (χ4v) is 1.50. The van der Waals surface area contributed by atoms with E-state index in [9.17, 15) is 5.11 Å². The van der Waals surface area contributed by atoms with E-state index in [-0.39, 0.29) is 6.04 Å². The molecule has 0 saturated heterocycles. The predicted molar refractivity (Wildman–Crippen MR) is 59.4 cm³/mol. The van der Waals surface area contributed by atoms with Crippen LogP contribution in [0.25, 0.3) is 0 Å². The molecule has 6 heteroatoms. The Morgan fingerprint density at radius 3 is 2.93 bits per heavy atom. The Morgan fingerprint density at radius 2 is 2.40 bits per heavy atom. The van der Waals surface area contributed by atoms with Crippen molar-refractivity contribution in [1.82, 2.24) is 14.7 Å². The molecule has 0 aliphatic heterocycles. The lowest BCUT2D eigenvalue weighted by Crippen LogP contribution is -2.23. The summed E-state index contributed by atoms with van der Waals surface area (Å²) in [6, 6.07) is -0.132. The van der Waals surface area contributed by atoms with Gasteiger partial charge in [-0.25, -0.2) is 0 Å². The molecule has 0 bridgehead atoms. The van der Waals surface area contributed by atoms with Crippen molar-refractivity contribution in [3.63, 3.8) is 0 Å². The molecule has 1 rings (SSSR count). The molecule has 2 N–H and O–H groups in total. The number of hydrogen-bond donors (Lipinski definition) is 3. The second-order valence-electron chi connectivity index (χ2n) is 3.16. The van der Waals surface area contributed by atoms with Gasteiger partial charge >= 0.3 is 0 Å². The van der Waals surface area contributed by atoms with E-state index in [1.165, 1.54) is 0 Å². The molecule has 0 aliphatic rings. The van der Waals surface area contributed by atoms with Crippen LogP contribution in [0.2, 0.25) is 0 Å². The lowest BCUT2D eigenvalue weighted by atomic mass is 10.1. The monoisotopic (exact) mass is 229 g/mol. The highest BCUT2D eigenvalue weighted by molar-refractivity contribution is 7.78. The van der Waals surface area contributed by atoms with Crippen LogP contribution in [0.4, 0.5) is 0 Å². The van der Waals surface area contributed by atoms with Gasteiger partial charge in [-0.05, 0) is 6.42 Å². The SMILES string of the molecule is COCC(O)CC(NS)c1cnccn1. The summed E-state index contributed by atoms with van der Waals surface area (Å²) in [7, 11) is 1.55. The first-order valence-electron chi connectivity index (χ1n) is 4.60. The van der Waals surface area contributed by atoms with Gasteiger partial charge in [0.1, 0.15) is 0 Å². The number of aliphatic hydroxyl groups excluding tert-OH is 1. The Labute approximate surface area is 94.4 Å². The minimum Gasteiger partial charge on any atom is -0.391 e. The fraction of sp³-hybridized carbons (Fsp3) is 0.556. The van der Waals surface area contributed by atoms with Gasteiger partial charge in [0.2, 0.25) is 0 Å². The quantitative estimate of drug-likeness (QED) is 0.614. The first kappa shape index (κ1) is 12.4. The summed E-state index contributed by atoms with van der Waals surface area (Å²) >= 11 is 4.00. The maximum Gasteiger partial charge on any atom is 0.0792 e. The van der Waals surface area contributed by atoms with Crippen LogP contribution < -0.4 is 4.72 Å². The zero-order valence-electron chi connectivity index (χ0n) is 8.50. The van der Waals surface area contributed by atoms with Crippen LogP contribution >= 0.6 is 12.8 Å². The molecule has 0 amide bonds. The number of rotatable bonds is 6. The van der Waals surface area contributed by atoms with Gasteiger partial charge in [-0.1, -0.05) is 12.8 Å². The highest BCUT2D eigenvalue weighted by Crippen LogP contribution is 2.16. The van der Waals surface area contributed by atoms with E-state index in [4.69, 9.17) is 4.74 Å². The molecular formula is C9H15N3O2S. The van der Waals surface area contributed by atoms with Gasteiger partial charge in [0.05, 0.1) is 24.4 Å². The highest BCUT2D eigenvalue weighted by atomic mass is 32.1. The van der Waals surface area contributed by atoms with Crippen LogP contribution in [0, 0.1) is 0 Å². The fourth-order valence-electron chi connectivity index (χ4n) is 1.26. The zero-order valence-corrected chi connectivity index (χ0v) is 9.39. The average Bonchev–Trinajstić information content (AvgIpc) is 2.27. The van der Waals surface area contributed by atoms with Crippen LogP contribution in [0.15, 0.2) is 18.6 Å². The van der Waals surface area contributed by atoms with Crippen molar-refractivity contribution in [2.24, 2.45) is 0 Å². The molecule has 0 aliphatic carbocycles. The number of methoxy groups -OCH3 is 1. The normalized spacial score (nSPS) is 14.9. The van der Waals surface area contributed by atoms with Crippen LogP contribution in [-0.2, 0) is 4.74 Å². The molecule has 5 nitrogen and oxygen atoms in total. The molecule has 15 heavy (non-hydrogen) atoms. The summed E-state index contributed by atoms with van der Waals surface area (Å²) in [5.41, 5.74) is 0.752. The summed E-state index contributed by atoms with van der Waals surface area (Å²) in [5, 5.41) is 9.56. The van der Waals surface area contributed by atoms with E-state index in [2.05, 4.69) is 27.5 Å². The largest absolute Gasteiger partial charge is 0.391 e. The molecule has 0 fully saturated rings. The van der Waals surface area contributed by atoms with Crippen molar-refractivity contribution >= 4 is 12.8 Å². The molecule has 2 atom stereocenters. The van der Waals surface area contributed by atoms with E-state index in [1.807, 2.05) is 0 Å². The van der Waals surface area contributed by atoms with Crippen LogP contribution in [0.3, 0.4) is 0 Å². The molecule has 1 aromatic rings. The smallest absolute Gasteiger partial charge is 0.0792 e. The molecule has 0 radical (unpaired) electrons. The van der Waals surface area contributed by atoms with Crippen molar-refractivity contribution < 1.29 is 9.84 Å². The Morgan fingerprint density at radius 1 is 1.60 bits per heavy atom. The number of thiol groups is 1. The first-order chi connectivity index (χ1) is 7.27. The van der Waals surface area contributed by atoms with Crippen LogP contribution in [0.1, 0.15) is 18.2 Å². The summed E-state index contributed by atoms with van der Waals surface area (Å²) < 4.78 is 7.63. The number of ether oxygens (including phenoxy) is 1. The van der Waals surface area contributed by atoms with E-state index in [1.54, 1.807) is 25.7 Å². The van der Waals surface area contributed by atoms with Crippen molar-refractivity contribution in [2.45, 2.75) is 18.6 Å². The first-order valence-corrected chi connectivity index (χ1v) is 5.05. The highest BCUT2D eigenvalue weighted by Gasteiger charge is 2.16. The maximum absolute atomic E-state index is 9.56. The topological polar surface area (TPSA) is 67.3 Å². The van der Waals surface area contributed by atoms with E-state index in [0.717, 1.165) is 5.69 Å². The van der Waals surface area contributed by atoms with Crippen molar-refractivity contribution in [3.05, 3.63) is 24.3 Å². The summed E-state index contributed by atoms with van der Waals surface area (Å²) in [6.45, 7) is 0.298. The van der Waals surface area contributed by atoms with E-state index < -0.39 is 6.10 Å². The second kappa shape index (κ2) is 6.73. The zero-order chi connectivity index (χ0) is 11.1. The Hall–Kier alpha value is -0.690.